The van der Waals surface area contributed by atoms with Gasteiger partial charge in [-0.3, -0.25) is 0 Å². The Kier molecular flexibility index (Phi) is 5.50. The summed E-state index contributed by atoms with van der Waals surface area (Å²) in [7, 11) is 0. The molecule has 0 saturated carbocycles. The highest BCUT2D eigenvalue weighted by Crippen LogP contribution is 2.38. The van der Waals surface area contributed by atoms with E-state index in [-0.39, 0.29) is 18.1 Å². The van der Waals surface area contributed by atoms with Gasteiger partial charge in [0, 0.05) is 6.42 Å². The van der Waals surface area contributed by atoms with E-state index in [0.717, 1.165) is 12.1 Å². The molecule has 124 valence electrons. The first-order valence-corrected chi connectivity index (χ1v) is 7.11. The van der Waals surface area contributed by atoms with Gasteiger partial charge in [-0.2, -0.15) is 13.2 Å². The highest BCUT2D eigenvalue weighted by molar-refractivity contribution is 5.46. The van der Waals surface area contributed by atoms with E-state index in [1.165, 1.54) is 6.07 Å². The molecule has 0 aromatic heterocycles. The number of alkyl halides is 3. The van der Waals surface area contributed by atoms with E-state index >= 15 is 0 Å². The Balaban J connectivity index is 2.25. The van der Waals surface area contributed by atoms with E-state index in [2.05, 4.69) is 0 Å². The summed E-state index contributed by atoms with van der Waals surface area (Å²) in [6.45, 7) is 1.78. The summed E-state index contributed by atoms with van der Waals surface area (Å²) in [5.41, 5.74) is -0.814. The van der Waals surface area contributed by atoms with Crippen LogP contribution in [0.15, 0.2) is 48.5 Å². The summed E-state index contributed by atoms with van der Waals surface area (Å²) in [4.78, 5) is 0. The third kappa shape index (κ3) is 5.17. The molecule has 0 radical (unpaired) electrons. The van der Waals surface area contributed by atoms with Gasteiger partial charge in [-0.1, -0.05) is 18.2 Å². The second kappa shape index (κ2) is 7.37. The maximum atomic E-state index is 12.9. The monoisotopic (exact) mass is 326 g/mol. The molecule has 0 aliphatic heterocycles. The summed E-state index contributed by atoms with van der Waals surface area (Å²) < 4.78 is 49.6. The first-order chi connectivity index (χ1) is 10.9. The van der Waals surface area contributed by atoms with Crippen LogP contribution in [0.1, 0.15) is 18.9 Å². The minimum absolute atomic E-state index is 0.0170. The largest absolute Gasteiger partial charge is 0.490 e. The van der Waals surface area contributed by atoms with Crippen LogP contribution in [0.4, 0.5) is 13.2 Å². The fraction of sp³-hybridized carbons (Fsp3) is 0.294. The number of halogens is 3. The number of benzene rings is 2. The molecule has 2 rings (SSSR count). The minimum Gasteiger partial charge on any atom is -0.490 e. The van der Waals surface area contributed by atoms with Crippen LogP contribution < -0.4 is 9.47 Å². The van der Waals surface area contributed by atoms with Crippen molar-refractivity contribution in [2.75, 3.05) is 6.61 Å². The van der Waals surface area contributed by atoms with E-state index in [1.807, 2.05) is 0 Å². The Labute approximate surface area is 132 Å². The second-order valence-electron chi connectivity index (χ2n) is 5.06. The van der Waals surface area contributed by atoms with Crippen LogP contribution in [0.2, 0.25) is 0 Å². The van der Waals surface area contributed by atoms with Crippen molar-refractivity contribution in [3.05, 3.63) is 54.1 Å². The average molecular weight is 326 g/mol. The zero-order valence-electron chi connectivity index (χ0n) is 12.5. The van der Waals surface area contributed by atoms with Gasteiger partial charge >= 0.3 is 6.18 Å². The highest BCUT2D eigenvalue weighted by atomic mass is 19.4. The topological polar surface area (TPSA) is 38.7 Å². The summed E-state index contributed by atoms with van der Waals surface area (Å²) >= 11 is 0. The smallest absolute Gasteiger partial charge is 0.416 e. The van der Waals surface area contributed by atoms with Crippen LogP contribution >= 0.6 is 0 Å². The summed E-state index contributed by atoms with van der Waals surface area (Å²) in [6, 6.07) is 11.6. The molecule has 0 spiro atoms. The molecule has 0 aliphatic rings. The van der Waals surface area contributed by atoms with Crippen LogP contribution in [0.3, 0.4) is 0 Å². The van der Waals surface area contributed by atoms with E-state index in [9.17, 15) is 18.3 Å². The van der Waals surface area contributed by atoms with E-state index in [1.54, 1.807) is 37.3 Å². The quantitative estimate of drug-likeness (QED) is 0.840. The molecule has 2 aromatic rings. The maximum absolute atomic E-state index is 12.9. The van der Waals surface area contributed by atoms with Gasteiger partial charge in [-0.05, 0) is 37.3 Å². The molecule has 1 N–H and O–H groups in total. The lowest BCUT2D eigenvalue weighted by molar-refractivity contribution is -0.137. The summed E-state index contributed by atoms with van der Waals surface area (Å²) in [5.74, 6) is 0.589. The van der Waals surface area contributed by atoms with Gasteiger partial charge in [-0.25, -0.2) is 0 Å². The Morgan fingerprint density at radius 1 is 1.04 bits per heavy atom. The molecule has 1 atom stereocenters. The molecular formula is C17H17F3O3. The summed E-state index contributed by atoms with van der Waals surface area (Å²) in [5, 5.41) is 9.23. The lowest BCUT2D eigenvalue weighted by Gasteiger charge is -2.15. The van der Waals surface area contributed by atoms with Crippen LogP contribution in [-0.4, -0.2) is 17.8 Å². The molecule has 0 fully saturated rings. The van der Waals surface area contributed by atoms with Crippen molar-refractivity contribution < 1.29 is 27.8 Å². The van der Waals surface area contributed by atoms with Crippen LogP contribution in [0, 0.1) is 0 Å². The molecule has 0 heterocycles. The third-order valence-electron chi connectivity index (χ3n) is 3.04. The molecule has 0 bridgehead atoms. The highest BCUT2D eigenvalue weighted by Gasteiger charge is 2.31. The lowest BCUT2D eigenvalue weighted by Crippen LogP contribution is -2.09. The molecule has 3 nitrogen and oxygen atoms in total. The number of hydrogen-bond donors (Lipinski definition) is 1. The molecule has 23 heavy (non-hydrogen) atoms. The van der Waals surface area contributed by atoms with Crippen molar-refractivity contribution in [3.8, 4) is 17.2 Å². The number of aliphatic hydroxyl groups is 1. The first kappa shape index (κ1) is 17.1. The van der Waals surface area contributed by atoms with E-state index in [0.29, 0.717) is 12.2 Å². The second-order valence-corrected chi connectivity index (χ2v) is 5.06. The fourth-order valence-corrected chi connectivity index (χ4v) is 1.84. The first-order valence-electron chi connectivity index (χ1n) is 7.11. The SMILES string of the molecule is C[C@H](O)CCOc1ccc(C(F)(F)F)cc1Oc1ccccc1. The Morgan fingerprint density at radius 2 is 1.74 bits per heavy atom. The van der Waals surface area contributed by atoms with Crippen molar-refractivity contribution in [3.63, 3.8) is 0 Å². The normalized spacial score (nSPS) is 12.7. The van der Waals surface area contributed by atoms with Gasteiger partial charge < -0.3 is 14.6 Å². The maximum Gasteiger partial charge on any atom is 0.416 e. The van der Waals surface area contributed by atoms with Gasteiger partial charge in [0.1, 0.15) is 5.75 Å². The molecule has 0 amide bonds. The number of aliphatic hydroxyl groups excluding tert-OH is 1. The van der Waals surface area contributed by atoms with Crippen molar-refractivity contribution in [2.45, 2.75) is 25.6 Å². The van der Waals surface area contributed by atoms with Crippen LogP contribution in [-0.2, 0) is 6.18 Å². The van der Waals surface area contributed by atoms with Crippen LogP contribution in [0.25, 0.3) is 0 Å². The van der Waals surface area contributed by atoms with Crippen molar-refractivity contribution in [2.24, 2.45) is 0 Å². The number of para-hydroxylation sites is 1. The molecule has 6 heteroatoms. The van der Waals surface area contributed by atoms with Gasteiger partial charge in [0.25, 0.3) is 0 Å². The lowest BCUT2D eigenvalue weighted by atomic mass is 10.2. The number of ether oxygens (including phenoxy) is 2. The Morgan fingerprint density at radius 3 is 2.35 bits per heavy atom. The zero-order chi connectivity index (χ0) is 16.9. The van der Waals surface area contributed by atoms with Gasteiger partial charge in [-0.15, -0.1) is 0 Å². The molecule has 0 aliphatic carbocycles. The average Bonchev–Trinajstić information content (AvgIpc) is 2.48. The third-order valence-corrected chi connectivity index (χ3v) is 3.04. The fourth-order valence-electron chi connectivity index (χ4n) is 1.84. The molecular weight excluding hydrogens is 309 g/mol. The van der Waals surface area contributed by atoms with Gasteiger partial charge in [0.05, 0.1) is 18.3 Å². The van der Waals surface area contributed by atoms with E-state index < -0.39 is 17.8 Å². The standard InChI is InChI=1S/C17H17F3O3/c1-12(21)9-10-22-15-8-7-13(17(18,19)20)11-16(15)23-14-5-3-2-4-6-14/h2-8,11-12,21H,9-10H2,1H3/t12-/m0/s1. The zero-order valence-corrected chi connectivity index (χ0v) is 12.5. The number of hydrogen-bond acceptors (Lipinski definition) is 3. The Hall–Kier alpha value is -2.21. The Bertz CT molecular complexity index is 625. The predicted octanol–water partition coefficient (Wildman–Crippen LogP) is 4.65. The summed E-state index contributed by atoms with van der Waals surface area (Å²) in [6.07, 6.45) is -4.65. The van der Waals surface area contributed by atoms with Gasteiger partial charge in [0.2, 0.25) is 0 Å². The minimum atomic E-state index is -4.47. The molecule has 2 aromatic carbocycles. The predicted molar refractivity (Wildman–Crippen MR) is 79.8 cm³/mol. The van der Waals surface area contributed by atoms with E-state index in [4.69, 9.17) is 9.47 Å². The van der Waals surface area contributed by atoms with Crippen LogP contribution in [0.5, 0.6) is 17.2 Å². The van der Waals surface area contributed by atoms with Crippen molar-refractivity contribution in [1.29, 1.82) is 0 Å². The van der Waals surface area contributed by atoms with Crippen molar-refractivity contribution >= 4 is 0 Å². The van der Waals surface area contributed by atoms with Crippen molar-refractivity contribution in [1.82, 2.24) is 0 Å². The molecule has 0 unspecified atom stereocenters. The van der Waals surface area contributed by atoms with Gasteiger partial charge in [0.15, 0.2) is 11.5 Å². The number of rotatable bonds is 6. The molecule has 0 saturated heterocycles.